The molecule has 1 aromatic heterocycles. The molecule has 0 atom stereocenters. The van der Waals surface area contributed by atoms with Gasteiger partial charge in [0.1, 0.15) is 0 Å². The Morgan fingerprint density at radius 3 is 2.57 bits per heavy atom. The Morgan fingerprint density at radius 2 is 1.83 bits per heavy atom. The third-order valence-electron chi connectivity index (χ3n) is 5.38. The zero-order valence-corrected chi connectivity index (χ0v) is 18.0. The van der Waals surface area contributed by atoms with E-state index in [1.54, 1.807) is 0 Å². The quantitative estimate of drug-likeness (QED) is 0.382. The Bertz CT molecular complexity index is 1090. The van der Waals surface area contributed by atoms with E-state index in [9.17, 15) is 8.42 Å². The number of hydrogen-bond acceptors (Lipinski definition) is 5. The Kier molecular flexibility index (Phi) is 6.41. The maximum Gasteiger partial charge on any atom is 0.264 e. The van der Waals surface area contributed by atoms with Gasteiger partial charge in [-0.15, -0.1) is 0 Å². The molecule has 3 aromatic rings. The van der Waals surface area contributed by atoms with E-state index in [0.29, 0.717) is 12.6 Å². The van der Waals surface area contributed by atoms with Crippen LogP contribution in [0.5, 0.6) is 0 Å². The Morgan fingerprint density at radius 1 is 1.07 bits per heavy atom. The molecule has 1 fully saturated rings. The van der Waals surface area contributed by atoms with Gasteiger partial charge in [0.05, 0.1) is 37.3 Å². The predicted molar refractivity (Wildman–Crippen MR) is 120 cm³/mol. The summed E-state index contributed by atoms with van der Waals surface area (Å²) in [5, 5.41) is 4.85. The highest BCUT2D eigenvalue weighted by atomic mass is 32.2. The molecule has 0 radical (unpaired) electrons. The van der Waals surface area contributed by atoms with Crippen molar-refractivity contribution in [3.8, 4) is 11.3 Å². The summed E-state index contributed by atoms with van der Waals surface area (Å²) in [5.41, 5.74) is 5.47. The maximum atomic E-state index is 11.0. The summed E-state index contributed by atoms with van der Waals surface area (Å²) in [4.78, 5) is 3.58. The lowest BCUT2D eigenvalue weighted by molar-refractivity contribution is 0.0912. The smallest absolute Gasteiger partial charge is 0.264 e. The molecular weight excluding hydrogens is 400 g/mol. The van der Waals surface area contributed by atoms with Crippen LogP contribution in [0.4, 0.5) is 5.69 Å². The summed E-state index contributed by atoms with van der Waals surface area (Å²) in [7, 11) is -3.44. The maximum absolute atomic E-state index is 11.0. The minimum absolute atomic E-state index is 0.0244. The van der Waals surface area contributed by atoms with Gasteiger partial charge >= 0.3 is 0 Å². The van der Waals surface area contributed by atoms with Gasteiger partial charge in [0, 0.05) is 17.1 Å². The molecule has 0 spiro atoms. The van der Waals surface area contributed by atoms with Crippen LogP contribution in [-0.4, -0.2) is 38.9 Å². The summed E-state index contributed by atoms with van der Waals surface area (Å²) in [6, 6.07) is 17.2. The number of H-pyrrole nitrogens is 1. The molecule has 0 saturated heterocycles. The molecule has 160 valence electrons. The van der Waals surface area contributed by atoms with Gasteiger partial charge in [-0.1, -0.05) is 43.2 Å². The standard InChI is InChI=1S/C23H28N2O4S/c1-30(26,27)29-12-11-28-16-17-13-19-15-21(18-7-3-2-4-8-18)25-23(19)22(14-17)24-20-9-5-6-10-20/h2-4,7-8,13-15,20,24-25H,5-6,9-12,16H2,1H3. The molecule has 1 heterocycles. The summed E-state index contributed by atoms with van der Waals surface area (Å²) >= 11 is 0. The van der Waals surface area contributed by atoms with Crippen LogP contribution in [0.15, 0.2) is 48.5 Å². The average Bonchev–Trinajstić information content (AvgIpc) is 3.37. The molecule has 2 aromatic carbocycles. The summed E-state index contributed by atoms with van der Waals surface area (Å²) in [5.74, 6) is 0. The molecule has 7 heteroatoms. The summed E-state index contributed by atoms with van der Waals surface area (Å²) in [6.45, 7) is 0.643. The summed E-state index contributed by atoms with van der Waals surface area (Å²) < 4.78 is 32.5. The number of benzene rings is 2. The third kappa shape index (κ3) is 5.41. The van der Waals surface area contributed by atoms with E-state index in [2.05, 4.69) is 40.6 Å². The molecule has 1 saturated carbocycles. The van der Waals surface area contributed by atoms with Gasteiger partial charge in [0.25, 0.3) is 10.1 Å². The van der Waals surface area contributed by atoms with Crippen LogP contribution >= 0.6 is 0 Å². The third-order valence-corrected chi connectivity index (χ3v) is 5.98. The van der Waals surface area contributed by atoms with Crippen LogP contribution in [-0.2, 0) is 25.6 Å². The SMILES string of the molecule is CS(=O)(=O)OCCOCc1cc(NC2CCCC2)c2[nH]c(-c3ccccc3)cc2c1. The fourth-order valence-electron chi connectivity index (χ4n) is 4.00. The first kappa shape index (κ1) is 20.9. The van der Waals surface area contributed by atoms with Gasteiger partial charge in [-0.05, 0) is 42.2 Å². The fraction of sp³-hybridized carbons (Fsp3) is 0.391. The summed E-state index contributed by atoms with van der Waals surface area (Å²) in [6.07, 6.45) is 5.96. The van der Waals surface area contributed by atoms with Crippen molar-refractivity contribution in [3.63, 3.8) is 0 Å². The normalized spacial score (nSPS) is 15.1. The molecule has 1 aliphatic carbocycles. The molecule has 2 N–H and O–H groups in total. The number of rotatable bonds is 9. The predicted octanol–water partition coefficient (Wildman–Crippen LogP) is 4.68. The molecule has 0 aliphatic heterocycles. The van der Waals surface area contributed by atoms with E-state index in [1.165, 1.54) is 25.7 Å². The zero-order chi connectivity index (χ0) is 21.0. The Hall–Kier alpha value is -2.35. The van der Waals surface area contributed by atoms with Crippen LogP contribution in [0.1, 0.15) is 31.2 Å². The van der Waals surface area contributed by atoms with Gasteiger partial charge in [-0.3, -0.25) is 4.18 Å². The number of anilines is 1. The average molecular weight is 429 g/mol. The van der Waals surface area contributed by atoms with Crippen molar-refractivity contribution in [1.82, 2.24) is 4.98 Å². The minimum Gasteiger partial charge on any atom is -0.381 e. The highest BCUT2D eigenvalue weighted by molar-refractivity contribution is 7.85. The zero-order valence-electron chi connectivity index (χ0n) is 17.2. The van der Waals surface area contributed by atoms with Gasteiger partial charge in [-0.25, -0.2) is 0 Å². The molecule has 0 bridgehead atoms. The number of ether oxygens (including phenoxy) is 1. The number of nitrogens with one attached hydrogen (secondary N) is 2. The number of aromatic amines is 1. The lowest BCUT2D eigenvalue weighted by atomic mass is 10.1. The van der Waals surface area contributed by atoms with E-state index in [-0.39, 0.29) is 13.2 Å². The van der Waals surface area contributed by atoms with Crippen LogP contribution < -0.4 is 5.32 Å². The topological polar surface area (TPSA) is 80.4 Å². The van der Waals surface area contributed by atoms with E-state index < -0.39 is 10.1 Å². The van der Waals surface area contributed by atoms with Gasteiger partial charge in [0.15, 0.2) is 0 Å². The monoisotopic (exact) mass is 428 g/mol. The Labute approximate surface area is 177 Å². The van der Waals surface area contributed by atoms with Crippen LogP contribution in [0, 0.1) is 0 Å². The molecule has 6 nitrogen and oxygen atoms in total. The lowest BCUT2D eigenvalue weighted by Crippen LogP contribution is -2.15. The molecular formula is C23H28N2O4S. The van der Waals surface area contributed by atoms with E-state index in [1.807, 2.05) is 18.2 Å². The van der Waals surface area contributed by atoms with Crippen molar-refractivity contribution in [2.75, 3.05) is 24.8 Å². The van der Waals surface area contributed by atoms with Crippen LogP contribution in [0.3, 0.4) is 0 Å². The van der Waals surface area contributed by atoms with Gasteiger partial charge in [-0.2, -0.15) is 8.42 Å². The molecule has 4 rings (SSSR count). The second-order valence-electron chi connectivity index (χ2n) is 7.86. The molecule has 0 unspecified atom stereocenters. The van der Waals surface area contributed by atoms with Crippen molar-refractivity contribution in [2.24, 2.45) is 0 Å². The van der Waals surface area contributed by atoms with Gasteiger partial charge in [0.2, 0.25) is 0 Å². The first-order valence-corrected chi connectivity index (χ1v) is 12.2. The Balaban J connectivity index is 1.55. The second-order valence-corrected chi connectivity index (χ2v) is 9.50. The van der Waals surface area contributed by atoms with Crippen molar-refractivity contribution >= 4 is 26.7 Å². The largest absolute Gasteiger partial charge is 0.381 e. The van der Waals surface area contributed by atoms with Gasteiger partial charge < -0.3 is 15.0 Å². The van der Waals surface area contributed by atoms with E-state index in [0.717, 1.165) is 39.7 Å². The highest BCUT2D eigenvalue weighted by Gasteiger charge is 2.17. The molecule has 30 heavy (non-hydrogen) atoms. The van der Waals surface area contributed by atoms with Crippen molar-refractivity contribution in [1.29, 1.82) is 0 Å². The molecule has 0 amide bonds. The number of fused-ring (bicyclic) bond motifs is 1. The highest BCUT2D eigenvalue weighted by Crippen LogP contribution is 2.32. The number of aromatic nitrogens is 1. The molecule has 1 aliphatic rings. The second kappa shape index (κ2) is 9.20. The van der Waals surface area contributed by atoms with E-state index >= 15 is 0 Å². The lowest BCUT2D eigenvalue weighted by Gasteiger charge is -2.16. The fourth-order valence-corrected chi connectivity index (χ4v) is 4.37. The van der Waals surface area contributed by atoms with Crippen LogP contribution in [0.25, 0.3) is 22.2 Å². The van der Waals surface area contributed by atoms with E-state index in [4.69, 9.17) is 8.92 Å². The minimum atomic E-state index is -3.44. The van der Waals surface area contributed by atoms with Crippen molar-refractivity contribution in [2.45, 2.75) is 38.3 Å². The van der Waals surface area contributed by atoms with Crippen molar-refractivity contribution in [3.05, 3.63) is 54.1 Å². The van der Waals surface area contributed by atoms with Crippen molar-refractivity contribution < 1.29 is 17.3 Å². The van der Waals surface area contributed by atoms with Crippen LogP contribution in [0.2, 0.25) is 0 Å². The first-order valence-electron chi connectivity index (χ1n) is 10.4. The first-order chi connectivity index (χ1) is 14.5. The number of hydrogen-bond donors (Lipinski definition) is 2.